The summed E-state index contributed by atoms with van der Waals surface area (Å²) in [4.78, 5) is 29.8. The van der Waals surface area contributed by atoms with Crippen molar-refractivity contribution in [2.45, 2.75) is 50.9 Å². The van der Waals surface area contributed by atoms with E-state index in [-0.39, 0.29) is 22.9 Å². The molecule has 212 valence electrons. The van der Waals surface area contributed by atoms with Gasteiger partial charge in [0.25, 0.3) is 4.98 Å². The van der Waals surface area contributed by atoms with Crippen molar-refractivity contribution in [3.63, 3.8) is 0 Å². The van der Waals surface area contributed by atoms with Gasteiger partial charge in [0.15, 0.2) is 0 Å². The van der Waals surface area contributed by atoms with Crippen LogP contribution in [0.1, 0.15) is 37.5 Å². The Labute approximate surface area is 228 Å². The molecular weight excluding hydrogens is 543 g/mol. The maximum absolute atomic E-state index is 13.8. The smallest absolute Gasteiger partial charge is 0.430 e. The number of fused-ring (bicyclic) bond motifs is 1. The quantitative estimate of drug-likeness (QED) is 0.141. The van der Waals surface area contributed by atoms with Gasteiger partial charge in [-0.1, -0.05) is 62.7 Å². The highest BCUT2D eigenvalue weighted by Crippen LogP contribution is 2.42. The number of carbonyl (C=O) groups excluding carboxylic acids is 1. The molecule has 2 aromatic rings. The largest absolute Gasteiger partial charge is 0.475 e. The molecule has 2 atom stereocenters. The molecule has 3 rings (SSSR count). The number of benzene rings is 2. The number of nitroso groups, excluding NO2 is 1. The van der Waals surface area contributed by atoms with Crippen molar-refractivity contribution in [3.8, 4) is 5.75 Å². The molecule has 0 radical (unpaired) electrons. The molecule has 0 aliphatic carbocycles. The summed E-state index contributed by atoms with van der Waals surface area (Å²) < 4.78 is 51.4. The van der Waals surface area contributed by atoms with Gasteiger partial charge in [-0.15, -0.1) is 5.01 Å². The van der Waals surface area contributed by atoms with Crippen LogP contribution < -0.4 is 10.3 Å². The Kier molecular flexibility index (Phi) is 9.47. The molecule has 0 unspecified atom stereocenters. The second kappa shape index (κ2) is 12.2. The van der Waals surface area contributed by atoms with Crippen molar-refractivity contribution in [2.24, 2.45) is 0 Å². The lowest BCUT2D eigenvalue weighted by molar-refractivity contribution is -0.791. The van der Waals surface area contributed by atoms with Gasteiger partial charge in [0, 0.05) is 22.6 Å². The normalized spacial score (nSPS) is 15.9. The second-order valence-corrected chi connectivity index (χ2v) is 10.3. The Morgan fingerprint density at radius 2 is 1.90 bits per heavy atom. The van der Waals surface area contributed by atoms with Crippen LogP contribution >= 0.6 is 11.6 Å². The predicted octanol–water partition coefficient (Wildman–Crippen LogP) is 4.51. The molecule has 0 bridgehead atoms. The first-order valence-corrected chi connectivity index (χ1v) is 12.3. The molecule has 0 saturated carbocycles. The zero-order valence-electron chi connectivity index (χ0n) is 21.8. The average molecular weight is 573 g/mol. The van der Waals surface area contributed by atoms with E-state index in [4.69, 9.17) is 25.9 Å². The maximum Gasteiger partial charge on any atom is 0.430 e. The van der Waals surface area contributed by atoms with E-state index in [1.165, 1.54) is 19.2 Å². The molecule has 0 fully saturated rings. The van der Waals surface area contributed by atoms with Crippen molar-refractivity contribution < 1.29 is 42.4 Å². The number of hydrogen-bond acceptors (Lipinski definition) is 6. The topological polar surface area (TPSA) is 100 Å². The maximum atomic E-state index is 13.8. The molecule has 2 N–H and O–H groups in total. The first-order chi connectivity index (χ1) is 18.2. The standard InChI is InChI=1S/C26H30ClF3N3O6/c1-25(2,3)20-13-22-17(12-21(20)27)11-19(23(39-22)26(28,29)30)24(35)37-15-38-31-33(36)32(4)18(14-34)10-16-8-6-5-7-9-16/h5-9,11-13,18,23,34H,10,14-15H2,1-4H3,(H,31,36)/q+1/t18-,23-/m0/s1. The average Bonchev–Trinajstić information content (AvgIpc) is 2.87. The molecule has 39 heavy (non-hydrogen) atoms. The summed E-state index contributed by atoms with van der Waals surface area (Å²) in [5, 5.41) is 11.1. The summed E-state index contributed by atoms with van der Waals surface area (Å²) in [5.74, 6) is -1.43. The van der Waals surface area contributed by atoms with Gasteiger partial charge in [0.05, 0.1) is 24.1 Å². The molecule has 0 amide bonds. The highest BCUT2D eigenvalue weighted by molar-refractivity contribution is 6.31. The number of rotatable bonds is 10. The molecule has 1 aliphatic heterocycles. The number of alkyl halides is 3. The van der Waals surface area contributed by atoms with Crippen molar-refractivity contribution in [1.82, 2.24) is 10.6 Å². The fourth-order valence-corrected chi connectivity index (χ4v) is 4.32. The minimum Gasteiger partial charge on any atom is -0.475 e. The SMILES string of the molecule is CN([C@H](CO)Cc1ccccc1)[N+](=O)NOCOC(=O)C1=Cc2cc(Cl)c(C(C)(C)C)cc2O[C@@H]1C(F)(F)F. The van der Waals surface area contributed by atoms with E-state index < -0.39 is 42.1 Å². The fraction of sp³-hybridized carbons (Fsp3) is 0.423. The third-order valence-electron chi connectivity index (χ3n) is 6.01. The first-order valence-electron chi connectivity index (χ1n) is 11.9. The van der Waals surface area contributed by atoms with Crippen molar-refractivity contribution >= 4 is 23.6 Å². The van der Waals surface area contributed by atoms with E-state index in [1.54, 1.807) is 0 Å². The van der Waals surface area contributed by atoms with Crippen LogP contribution in [0.5, 0.6) is 5.75 Å². The monoisotopic (exact) mass is 572 g/mol. The van der Waals surface area contributed by atoms with Gasteiger partial charge >= 0.3 is 12.1 Å². The van der Waals surface area contributed by atoms with Crippen LogP contribution in [0.3, 0.4) is 0 Å². The van der Waals surface area contributed by atoms with Gasteiger partial charge in [0.1, 0.15) is 11.8 Å². The van der Waals surface area contributed by atoms with E-state index in [9.17, 15) is 28.0 Å². The van der Waals surface area contributed by atoms with E-state index >= 15 is 0 Å². The summed E-state index contributed by atoms with van der Waals surface area (Å²) in [6, 6.07) is 11.4. The van der Waals surface area contributed by atoms with E-state index in [0.717, 1.165) is 16.6 Å². The van der Waals surface area contributed by atoms with Crippen molar-refractivity contribution in [2.75, 3.05) is 20.4 Å². The van der Waals surface area contributed by atoms with Gasteiger partial charge in [-0.2, -0.15) is 18.0 Å². The summed E-state index contributed by atoms with van der Waals surface area (Å²) in [6.45, 7) is 4.31. The van der Waals surface area contributed by atoms with Crippen LogP contribution in [-0.2, 0) is 26.2 Å². The Morgan fingerprint density at radius 3 is 2.49 bits per heavy atom. The van der Waals surface area contributed by atoms with Crippen molar-refractivity contribution in [1.29, 1.82) is 0 Å². The minimum absolute atomic E-state index is 0.0694. The number of halogens is 4. The predicted molar refractivity (Wildman–Crippen MR) is 136 cm³/mol. The number of esters is 1. The fourth-order valence-electron chi connectivity index (χ4n) is 3.86. The molecule has 0 spiro atoms. The lowest BCUT2D eigenvalue weighted by Crippen LogP contribution is -2.48. The van der Waals surface area contributed by atoms with Crippen LogP contribution in [0, 0.1) is 4.91 Å². The molecular formula is C26H30ClF3N3O6+. The molecule has 1 heterocycles. The van der Waals surface area contributed by atoms with Crippen LogP contribution in [-0.4, -0.2) is 59.8 Å². The van der Waals surface area contributed by atoms with Crippen LogP contribution in [0.15, 0.2) is 48.0 Å². The van der Waals surface area contributed by atoms with E-state index in [1.807, 2.05) is 56.7 Å². The number of hydrogen-bond donors (Lipinski definition) is 2. The first kappa shape index (κ1) is 30.2. The lowest BCUT2D eigenvalue weighted by Gasteiger charge is -2.30. The van der Waals surface area contributed by atoms with Gasteiger partial charge in [-0.05, 0) is 34.8 Å². The Hall–Kier alpha value is -3.35. The summed E-state index contributed by atoms with van der Waals surface area (Å²) in [7, 11) is 1.39. The number of nitrogens with one attached hydrogen (secondary N) is 1. The number of ether oxygens (including phenoxy) is 2. The lowest BCUT2D eigenvalue weighted by atomic mass is 9.85. The zero-order chi connectivity index (χ0) is 29.0. The highest BCUT2D eigenvalue weighted by Gasteiger charge is 2.49. The third kappa shape index (κ3) is 7.61. The molecule has 1 aliphatic rings. The van der Waals surface area contributed by atoms with E-state index in [2.05, 4.69) is 0 Å². The highest BCUT2D eigenvalue weighted by atomic mass is 35.5. The third-order valence-corrected chi connectivity index (χ3v) is 6.32. The van der Waals surface area contributed by atoms with Crippen LogP contribution in [0.25, 0.3) is 6.08 Å². The Bertz CT molecular complexity index is 1220. The number of hydrazine groups is 2. The Balaban J connectivity index is 1.64. The van der Waals surface area contributed by atoms with Crippen molar-refractivity contribution in [3.05, 3.63) is 74.7 Å². The number of aliphatic hydroxyl groups excluding tert-OH is 1. The van der Waals surface area contributed by atoms with Crippen LogP contribution in [0.2, 0.25) is 5.02 Å². The minimum atomic E-state index is -4.92. The number of carbonyl (C=O) groups is 1. The number of nitrogens with zero attached hydrogens (tertiary/aromatic N) is 2. The number of likely N-dealkylation sites (N-methyl/N-ethyl adjacent to an activating group) is 1. The molecule has 2 aromatic carbocycles. The molecule has 13 heteroatoms. The number of aliphatic hydroxyl groups is 1. The Morgan fingerprint density at radius 1 is 1.23 bits per heavy atom. The van der Waals surface area contributed by atoms with Gasteiger partial charge < -0.3 is 14.6 Å². The summed E-state index contributed by atoms with van der Waals surface area (Å²) in [6.07, 6.45) is -6.15. The van der Waals surface area contributed by atoms with Crippen LogP contribution in [0.4, 0.5) is 13.2 Å². The summed E-state index contributed by atoms with van der Waals surface area (Å²) in [5.41, 5.74) is 2.33. The summed E-state index contributed by atoms with van der Waals surface area (Å²) >= 11 is 6.33. The van der Waals surface area contributed by atoms with E-state index in [0.29, 0.717) is 17.0 Å². The molecule has 9 nitrogen and oxygen atoms in total. The van der Waals surface area contributed by atoms with Gasteiger partial charge in [-0.25, -0.2) is 4.79 Å². The molecule has 0 saturated heterocycles. The molecule has 0 aromatic heterocycles. The van der Waals surface area contributed by atoms with Gasteiger partial charge in [-0.3, -0.25) is 0 Å². The zero-order valence-corrected chi connectivity index (χ0v) is 22.5. The van der Waals surface area contributed by atoms with Gasteiger partial charge in [0.2, 0.25) is 12.9 Å². The second-order valence-electron chi connectivity index (χ2n) is 9.92.